The summed E-state index contributed by atoms with van der Waals surface area (Å²) in [7, 11) is 1.62. The molecule has 0 saturated heterocycles. The minimum absolute atomic E-state index is 0.168. The van der Waals surface area contributed by atoms with Crippen molar-refractivity contribution in [2.24, 2.45) is 5.41 Å². The molecule has 2 aromatic rings. The van der Waals surface area contributed by atoms with Gasteiger partial charge in [0.15, 0.2) is 5.65 Å². The van der Waals surface area contributed by atoms with Crippen LogP contribution in [-0.2, 0) is 6.54 Å². The zero-order valence-corrected chi connectivity index (χ0v) is 13.5. The number of anilines is 1. The van der Waals surface area contributed by atoms with Gasteiger partial charge in [-0.1, -0.05) is 40.0 Å². The predicted octanol–water partition coefficient (Wildman–Crippen LogP) is 3.63. The molecule has 116 valence electrons. The molecule has 0 unspecified atom stereocenters. The number of fused-ring (bicyclic) bond motifs is 1. The second-order valence-electron chi connectivity index (χ2n) is 6.37. The molecular weight excluding hydrogens is 264 g/mol. The summed E-state index contributed by atoms with van der Waals surface area (Å²) in [5.74, 6) is 1.11. The van der Waals surface area contributed by atoms with Crippen LogP contribution in [0.15, 0.2) is 12.1 Å². The summed E-state index contributed by atoms with van der Waals surface area (Å²) in [5, 5.41) is 0. The first-order valence-corrected chi connectivity index (χ1v) is 7.63. The van der Waals surface area contributed by atoms with E-state index >= 15 is 0 Å². The molecule has 2 rings (SSSR count). The number of hydrogen-bond acceptors (Lipinski definition) is 4. The summed E-state index contributed by atoms with van der Waals surface area (Å²) in [4.78, 5) is 8.89. The summed E-state index contributed by atoms with van der Waals surface area (Å²) in [6.45, 7) is 7.59. The van der Waals surface area contributed by atoms with Gasteiger partial charge in [0.05, 0.1) is 7.11 Å². The number of nitrogens with zero attached hydrogens (tertiary/aromatic N) is 3. The van der Waals surface area contributed by atoms with Crippen molar-refractivity contribution in [1.82, 2.24) is 14.5 Å². The molecule has 5 heteroatoms. The topological polar surface area (TPSA) is 66.0 Å². The van der Waals surface area contributed by atoms with Crippen LogP contribution in [0.1, 0.15) is 46.5 Å². The maximum atomic E-state index is 6.08. The third kappa shape index (κ3) is 3.65. The number of imidazole rings is 1. The highest BCUT2D eigenvalue weighted by Gasteiger charge is 2.21. The van der Waals surface area contributed by atoms with Crippen LogP contribution in [0, 0.1) is 5.41 Å². The molecule has 0 aliphatic rings. The van der Waals surface area contributed by atoms with Crippen molar-refractivity contribution in [1.29, 1.82) is 0 Å². The number of hydrogen-bond donors (Lipinski definition) is 1. The van der Waals surface area contributed by atoms with Crippen molar-refractivity contribution in [3.63, 3.8) is 0 Å². The maximum Gasteiger partial charge on any atom is 0.215 e. The van der Waals surface area contributed by atoms with E-state index in [1.165, 1.54) is 25.7 Å². The predicted molar refractivity (Wildman–Crippen MR) is 86.4 cm³/mol. The second kappa shape index (κ2) is 6.33. The average molecular weight is 290 g/mol. The highest BCUT2D eigenvalue weighted by molar-refractivity contribution is 5.74. The van der Waals surface area contributed by atoms with Crippen molar-refractivity contribution < 1.29 is 4.74 Å². The number of aromatic nitrogens is 3. The number of unbranched alkanes of at least 4 members (excludes halogenated alkanes) is 2. The lowest BCUT2D eigenvalue weighted by Gasteiger charge is -2.25. The molecule has 0 atom stereocenters. The van der Waals surface area contributed by atoms with Crippen LogP contribution >= 0.6 is 0 Å². The monoisotopic (exact) mass is 290 g/mol. The van der Waals surface area contributed by atoms with Crippen LogP contribution in [0.4, 0.5) is 5.95 Å². The van der Waals surface area contributed by atoms with E-state index < -0.39 is 0 Å². The van der Waals surface area contributed by atoms with Gasteiger partial charge in [0.1, 0.15) is 5.52 Å². The van der Waals surface area contributed by atoms with Gasteiger partial charge in [0, 0.05) is 12.6 Å². The molecule has 0 aromatic carbocycles. The molecule has 21 heavy (non-hydrogen) atoms. The molecule has 0 amide bonds. The van der Waals surface area contributed by atoms with E-state index in [0.29, 0.717) is 11.8 Å². The minimum Gasteiger partial charge on any atom is -0.481 e. The van der Waals surface area contributed by atoms with E-state index in [1.54, 1.807) is 7.11 Å². The zero-order chi connectivity index (χ0) is 15.5. The lowest BCUT2D eigenvalue weighted by molar-refractivity contribution is 0.275. The summed E-state index contributed by atoms with van der Waals surface area (Å²) < 4.78 is 7.21. The Bertz CT molecular complexity index is 604. The lowest BCUT2D eigenvalue weighted by atomic mass is 9.87. The summed E-state index contributed by atoms with van der Waals surface area (Å²) in [6, 6.07) is 3.71. The van der Waals surface area contributed by atoms with Crippen LogP contribution in [0.25, 0.3) is 11.2 Å². The highest BCUT2D eigenvalue weighted by atomic mass is 16.5. The number of pyridine rings is 1. The smallest absolute Gasteiger partial charge is 0.215 e. The fourth-order valence-corrected chi connectivity index (χ4v) is 2.63. The van der Waals surface area contributed by atoms with Crippen molar-refractivity contribution in [2.75, 3.05) is 12.8 Å². The van der Waals surface area contributed by atoms with E-state index in [1.807, 2.05) is 16.7 Å². The molecule has 0 saturated carbocycles. The van der Waals surface area contributed by atoms with Crippen molar-refractivity contribution >= 4 is 17.1 Å². The summed E-state index contributed by atoms with van der Waals surface area (Å²) in [6.07, 6.45) is 4.93. The van der Waals surface area contributed by atoms with Gasteiger partial charge in [-0.2, -0.15) is 4.98 Å². The first-order valence-electron chi connectivity index (χ1n) is 7.63. The van der Waals surface area contributed by atoms with Crippen molar-refractivity contribution in [3.8, 4) is 5.88 Å². The Morgan fingerprint density at radius 1 is 1.24 bits per heavy atom. The average Bonchev–Trinajstić information content (AvgIpc) is 2.74. The number of nitrogen functional groups attached to an aromatic ring is 1. The normalized spacial score (nSPS) is 12.0. The number of nitrogens with two attached hydrogens (primary N) is 1. The molecule has 2 N–H and O–H groups in total. The summed E-state index contributed by atoms with van der Waals surface area (Å²) in [5.41, 5.74) is 7.86. The first-order chi connectivity index (χ1) is 9.96. The van der Waals surface area contributed by atoms with E-state index in [0.717, 1.165) is 17.7 Å². The fraction of sp³-hybridized carbons (Fsp3) is 0.625. The van der Waals surface area contributed by atoms with Gasteiger partial charge in [-0.05, 0) is 17.9 Å². The first kappa shape index (κ1) is 15.6. The van der Waals surface area contributed by atoms with Gasteiger partial charge in [-0.15, -0.1) is 0 Å². The molecule has 5 nitrogen and oxygen atoms in total. The molecule has 0 spiro atoms. The van der Waals surface area contributed by atoms with Crippen LogP contribution in [0.5, 0.6) is 5.88 Å². The van der Waals surface area contributed by atoms with E-state index in [2.05, 4.69) is 30.7 Å². The number of methoxy groups -OCH3 is 1. The number of rotatable bonds is 7. The Hall–Kier alpha value is -1.78. The molecular formula is C16H26N4O. The number of ether oxygens (including phenoxy) is 1. The second-order valence-corrected chi connectivity index (χ2v) is 6.37. The summed E-state index contributed by atoms with van der Waals surface area (Å²) >= 11 is 0. The van der Waals surface area contributed by atoms with Gasteiger partial charge >= 0.3 is 0 Å². The molecule has 0 aliphatic heterocycles. The van der Waals surface area contributed by atoms with Crippen LogP contribution < -0.4 is 10.5 Å². The van der Waals surface area contributed by atoms with E-state index in [-0.39, 0.29) is 5.41 Å². The van der Waals surface area contributed by atoms with Crippen molar-refractivity contribution in [2.45, 2.75) is 53.0 Å². The standard InChI is InChI=1S/C16H26N4O/c1-5-6-7-10-16(2,3)11-20-14-12(18-15(20)17)8-9-13(19-14)21-4/h8-9H,5-7,10-11H2,1-4H3,(H2,17,18). The Kier molecular flexibility index (Phi) is 4.70. The Labute approximate surface area is 126 Å². The Balaban J connectivity index is 2.26. The van der Waals surface area contributed by atoms with Gasteiger partial charge in [-0.25, -0.2) is 4.98 Å². The lowest BCUT2D eigenvalue weighted by Crippen LogP contribution is -2.21. The third-order valence-electron chi connectivity index (χ3n) is 3.85. The van der Waals surface area contributed by atoms with Crippen LogP contribution in [-0.4, -0.2) is 21.6 Å². The van der Waals surface area contributed by atoms with Gasteiger partial charge in [-0.3, -0.25) is 4.57 Å². The maximum absolute atomic E-state index is 6.08. The van der Waals surface area contributed by atoms with Gasteiger partial charge < -0.3 is 10.5 Å². The van der Waals surface area contributed by atoms with E-state index in [9.17, 15) is 0 Å². The molecule has 0 fully saturated rings. The zero-order valence-electron chi connectivity index (χ0n) is 13.5. The molecule has 0 radical (unpaired) electrons. The van der Waals surface area contributed by atoms with Gasteiger partial charge in [0.2, 0.25) is 11.8 Å². The van der Waals surface area contributed by atoms with Crippen LogP contribution in [0.3, 0.4) is 0 Å². The SMILES string of the molecule is CCCCCC(C)(C)Cn1c(N)nc2ccc(OC)nc21. The Morgan fingerprint density at radius 2 is 2.00 bits per heavy atom. The minimum atomic E-state index is 0.168. The quantitative estimate of drug-likeness (QED) is 0.791. The van der Waals surface area contributed by atoms with Gasteiger partial charge in [0.25, 0.3) is 0 Å². The Morgan fingerprint density at radius 3 is 2.67 bits per heavy atom. The molecule has 0 bridgehead atoms. The molecule has 2 heterocycles. The highest BCUT2D eigenvalue weighted by Crippen LogP contribution is 2.29. The van der Waals surface area contributed by atoms with E-state index in [4.69, 9.17) is 10.5 Å². The molecule has 0 aliphatic carbocycles. The van der Waals surface area contributed by atoms with Crippen molar-refractivity contribution in [3.05, 3.63) is 12.1 Å². The van der Waals surface area contributed by atoms with Crippen LogP contribution in [0.2, 0.25) is 0 Å². The molecule has 2 aromatic heterocycles. The largest absolute Gasteiger partial charge is 0.481 e. The third-order valence-corrected chi connectivity index (χ3v) is 3.85. The fourth-order valence-electron chi connectivity index (χ4n) is 2.63.